The van der Waals surface area contributed by atoms with E-state index < -0.39 is 0 Å². The van der Waals surface area contributed by atoms with Crippen LogP contribution in [0.15, 0.2) is 24.3 Å². The van der Waals surface area contributed by atoms with Gasteiger partial charge in [0.15, 0.2) is 0 Å². The van der Waals surface area contributed by atoms with Crippen LogP contribution in [0.3, 0.4) is 0 Å². The van der Waals surface area contributed by atoms with Gasteiger partial charge in [0, 0.05) is 11.9 Å². The van der Waals surface area contributed by atoms with Crippen molar-refractivity contribution in [3.05, 3.63) is 34.9 Å². The number of benzene rings is 1. The first-order chi connectivity index (χ1) is 6.63. The highest BCUT2D eigenvalue weighted by atomic mass is 35.5. The van der Waals surface area contributed by atoms with Gasteiger partial charge in [0.05, 0.1) is 0 Å². The summed E-state index contributed by atoms with van der Waals surface area (Å²) >= 11 is 5.76. The average molecular weight is 213 g/mol. The molecule has 0 bridgehead atoms. The number of hydrogen-bond acceptors (Lipinski definition) is 2. The lowest BCUT2D eigenvalue weighted by molar-refractivity contribution is -0.146. The minimum absolute atomic E-state index is 0.162. The van der Waals surface area contributed by atoms with Crippen molar-refractivity contribution in [2.75, 3.05) is 0 Å². The van der Waals surface area contributed by atoms with E-state index in [1.807, 2.05) is 19.1 Å². The predicted molar refractivity (Wildman–Crippen MR) is 56.3 cm³/mol. The van der Waals surface area contributed by atoms with E-state index in [1.165, 1.54) is 6.92 Å². The van der Waals surface area contributed by atoms with Crippen molar-refractivity contribution in [2.24, 2.45) is 0 Å². The summed E-state index contributed by atoms with van der Waals surface area (Å²) in [6.07, 6.45) is 0.603. The van der Waals surface area contributed by atoms with Crippen molar-refractivity contribution < 1.29 is 9.53 Å². The summed E-state index contributed by atoms with van der Waals surface area (Å²) in [5, 5.41) is 0.687. The Hall–Kier alpha value is -1.02. The fraction of sp³-hybridized carbons (Fsp3) is 0.364. The summed E-state index contributed by atoms with van der Waals surface area (Å²) in [6.45, 7) is 3.39. The van der Waals surface area contributed by atoms with Crippen LogP contribution in [-0.4, -0.2) is 5.97 Å². The number of hydrogen-bond donors (Lipinski definition) is 0. The molecule has 0 aliphatic heterocycles. The van der Waals surface area contributed by atoms with Crippen molar-refractivity contribution in [3.63, 3.8) is 0 Å². The van der Waals surface area contributed by atoms with Gasteiger partial charge in [0.2, 0.25) is 0 Å². The van der Waals surface area contributed by atoms with Crippen molar-refractivity contribution in [1.82, 2.24) is 0 Å². The van der Waals surface area contributed by atoms with Crippen molar-refractivity contribution >= 4 is 17.6 Å². The summed E-state index contributed by atoms with van der Waals surface area (Å²) in [6, 6.07) is 7.34. The molecule has 1 aromatic rings. The molecule has 0 aliphatic carbocycles. The van der Waals surface area contributed by atoms with Crippen LogP contribution in [0.1, 0.15) is 31.9 Å². The van der Waals surface area contributed by atoms with Crippen LogP contribution in [0.5, 0.6) is 0 Å². The summed E-state index contributed by atoms with van der Waals surface area (Å²) in [7, 11) is 0. The second-order valence-electron chi connectivity index (χ2n) is 3.06. The first-order valence-corrected chi connectivity index (χ1v) is 4.94. The molecule has 3 heteroatoms. The van der Waals surface area contributed by atoms with Crippen molar-refractivity contribution in [1.29, 1.82) is 0 Å². The van der Waals surface area contributed by atoms with E-state index in [9.17, 15) is 4.79 Å². The van der Waals surface area contributed by atoms with E-state index in [4.69, 9.17) is 16.3 Å². The summed E-state index contributed by atoms with van der Waals surface area (Å²) in [4.78, 5) is 10.8. The normalized spacial score (nSPS) is 12.2. The summed E-state index contributed by atoms with van der Waals surface area (Å²) < 4.78 is 5.14. The molecule has 1 rings (SSSR count). The number of carbonyl (C=O) groups excluding carboxylic acids is 1. The molecule has 76 valence electrons. The van der Waals surface area contributed by atoms with Crippen LogP contribution < -0.4 is 0 Å². The topological polar surface area (TPSA) is 26.3 Å². The lowest BCUT2D eigenvalue weighted by atomic mass is 10.1. The molecule has 0 radical (unpaired) electrons. The Kier molecular flexibility index (Phi) is 3.96. The number of ether oxygens (including phenoxy) is 1. The van der Waals surface area contributed by atoms with Crippen molar-refractivity contribution in [3.8, 4) is 0 Å². The molecule has 1 aromatic carbocycles. The molecule has 0 N–H and O–H groups in total. The lowest BCUT2D eigenvalue weighted by Crippen LogP contribution is -2.07. The molecule has 0 fully saturated rings. The molecular weight excluding hydrogens is 200 g/mol. The smallest absolute Gasteiger partial charge is 0.303 e. The molecule has 0 spiro atoms. The molecule has 0 aliphatic rings. The van der Waals surface area contributed by atoms with Gasteiger partial charge in [-0.2, -0.15) is 0 Å². The van der Waals surface area contributed by atoms with E-state index in [1.54, 1.807) is 12.1 Å². The standard InChI is InChI=1S/C11H13ClO2/c1-3-11(14-8(2)13)9-4-6-10(12)7-5-9/h4-7,11H,3H2,1-2H3/t11-/m1/s1. The molecule has 1 atom stereocenters. The Bertz CT molecular complexity index is 306. The molecule has 0 unspecified atom stereocenters. The maximum atomic E-state index is 10.8. The van der Waals surface area contributed by atoms with Gasteiger partial charge in [-0.05, 0) is 24.1 Å². The van der Waals surface area contributed by atoms with Gasteiger partial charge in [-0.25, -0.2) is 0 Å². The van der Waals surface area contributed by atoms with E-state index in [2.05, 4.69) is 0 Å². The van der Waals surface area contributed by atoms with Gasteiger partial charge in [0.25, 0.3) is 0 Å². The first kappa shape index (κ1) is 11.1. The highest BCUT2D eigenvalue weighted by molar-refractivity contribution is 6.30. The Morgan fingerprint density at radius 3 is 2.43 bits per heavy atom. The van der Waals surface area contributed by atoms with E-state index in [0.717, 1.165) is 12.0 Å². The van der Waals surface area contributed by atoms with E-state index in [-0.39, 0.29) is 12.1 Å². The fourth-order valence-electron chi connectivity index (χ4n) is 1.26. The van der Waals surface area contributed by atoms with Crippen LogP contribution in [-0.2, 0) is 9.53 Å². The second-order valence-corrected chi connectivity index (χ2v) is 3.49. The largest absolute Gasteiger partial charge is 0.458 e. The highest BCUT2D eigenvalue weighted by Crippen LogP contribution is 2.22. The second kappa shape index (κ2) is 5.01. The number of rotatable bonds is 3. The Balaban J connectivity index is 2.78. The van der Waals surface area contributed by atoms with Gasteiger partial charge in [-0.15, -0.1) is 0 Å². The summed E-state index contributed by atoms with van der Waals surface area (Å²) in [5.74, 6) is -0.258. The van der Waals surface area contributed by atoms with Gasteiger partial charge in [-0.3, -0.25) is 4.79 Å². The van der Waals surface area contributed by atoms with Crippen LogP contribution in [0.25, 0.3) is 0 Å². The fourth-order valence-corrected chi connectivity index (χ4v) is 1.39. The number of esters is 1. The number of carbonyl (C=O) groups is 1. The van der Waals surface area contributed by atoms with Gasteiger partial charge in [-0.1, -0.05) is 30.7 Å². The number of halogens is 1. The zero-order valence-corrected chi connectivity index (χ0v) is 9.04. The Labute approximate surface area is 88.8 Å². The summed E-state index contributed by atoms with van der Waals surface area (Å²) in [5.41, 5.74) is 0.979. The first-order valence-electron chi connectivity index (χ1n) is 4.56. The maximum absolute atomic E-state index is 10.8. The maximum Gasteiger partial charge on any atom is 0.303 e. The molecule has 0 amide bonds. The minimum Gasteiger partial charge on any atom is -0.458 e. The van der Waals surface area contributed by atoms with Gasteiger partial charge < -0.3 is 4.74 Å². The molecular formula is C11H13ClO2. The van der Waals surface area contributed by atoms with Crippen LogP contribution in [0, 0.1) is 0 Å². The zero-order chi connectivity index (χ0) is 10.6. The minimum atomic E-state index is -0.258. The Morgan fingerprint density at radius 2 is 2.00 bits per heavy atom. The van der Waals surface area contributed by atoms with E-state index >= 15 is 0 Å². The van der Waals surface area contributed by atoms with Crippen LogP contribution in [0.2, 0.25) is 5.02 Å². The highest BCUT2D eigenvalue weighted by Gasteiger charge is 2.11. The molecule has 0 saturated heterocycles. The molecule has 14 heavy (non-hydrogen) atoms. The predicted octanol–water partition coefficient (Wildman–Crippen LogP) is 3.35. The zero-order valence-electron chi connectivity index (χ0n) is 8.29. The third-order valence-electron chi connectivity index (χ3n) is 1.92. The third kappa shape index (κ3) is 3.04. The Morgan fingerprint density at radius 1 is 1.43 bits per heavy atom. The molecule has 0 saturated carbocycles. The lowest BCUT2D eigenvalue weighted by Gasteiger charge is -2.15. The molecule has 0 aromatic heterocycles. The van der Waals surface area contributed by atoms with Crippen molar-refractivity contribution in [2.45, 2.75) is 26.4 Å². The average Bonchev–Trinajstić information content (AvgIpc) is 2.15. The van der Waals surface area contributed by atoms with E-state index in [0.29, 0.717) is 5.02 Å². The van der Waals surface area contributed by atoms with Crippen LogP contribution in [0.4, 0.5) is 0 Å². The third-order valence-corrected chi connectivity index (χ3v) is 2.17. The van der Waals surface area contributed by atoms with Gasteiger partial charge >= 0.3 is 5.97 Å². The molecule has 0 heterocycles. The quantitative estimate of drug-likeness (QED) is 0.719. The van der Waals surface area contributed by atoms with Gasteiger partial charge in [0.1, 0.15) is 6.10 Å². The van der Waals surface area contributed by atoms with Crippen LogP contribution >= 0.6 is 11.6 Å². The molecule has 2 nitrogen and oxygen atoms in total. The monoisotopic (exact) mass is 212 g/mol. The SMILES string of the molecule is CC[C@@H](OC(C)=O)c1ccc(Cl)cc1.